The molecule has 1 aliphatic rings. The van der Waals surface area contributed by atoms with Gasteiger partial charge in [0.1, 0.15) is 5.75 Å². The van der Waals surface area contributed by atoms with Crippen molar-refractivity contribution in [3.8, 4) is 5.75 Å². The number of hydrogen-bond acceptors (Lipinski definition) is 5. The summed E-state index contributed by atoms with van der Waals surface area (Å²) in [5.74, 6) is 1.84. The largest absolute Gasteiger partial charge is 0.493 e. The number of aliphatic imine (C=N–C) groups is 1. The fourth-order valence-corrected chi connectivity index (χ4v) is 3.03. The van der Waals surface area contributed by atoms with E-state index in [4.69, 9.17) is 9.47 Å². The molecule has 7 nitrogen and oxygen atoms in total. The van der Waals surface area contributed by atoms with Crippen molar-refractivity contribution in [1.82, 2.24) is 10.6 Å². The quantitative estimate of drug-likeness (QED) is 0.300. The molecule has 1 heterocycles. The Morgan fingerprint density at radius 1 is 1.34 bits per heavy atom. The summed E-state index contributed by atoms with van der Waals surface area (Å²) in [6.45, 7) is 8.43. The second kappa shape index (κ2) is 11.4. The van der Waals surface area contributed by atoms with Crippen molar-refractivity contribution in [2.45, 2.75) is 38.5 Å². The van der Waals surface area contributed by atoms with Crippen LogP contribution >= 0.6 is 24.0 Å². The van der Waals surface area contributed by atoms with Crippen LogP contribution in [0.2, 0.25) is 0 Å². The van der Waals surface area contributed by atoms with Crippen LogP contribution in [0.1, 0.15) is 31.4 Å². The molecule has 0 aromatic heterocycles. The van der Waals surface area contributed by atoms with Crippen LogP contribution in [0.4, 0.5) is 0 Å². The van der Waals surface area contributed by atoms with Crippen LogP contribution in [0.3, 0.4) is 0 Å². The highest BCUT2D eigenvalue weighted by Crippen LogP contribution is 2.22. The standard InChI is InChI=1S/C20H33N3O4S.HI/c1-15-6-7-17(18(10-15)27-13-16-8-9-26-12-16)11-22-19(21-4)23-14-20(2,3)28(5,24)25;/h6-7,10,16H,8-9,11-14H2,1-5H3,(H2,21,22,23);1H. The van der Waals surface area contributed by atoms with Gasteiger partial charge in [0.15, 0.2) is 15.8 Å². The Hall–Kier alpha value is -1.07. The Labute approximate surface area is 192 Å². The number of aryl methyl sites for hydroxylation is 1. The number of benzene rings is 1. The van der Waals surface area contributed by atoms with Gasteiger partial charge in [-0.25, -0.2) is 8.42 Å². The molecule has 9 heteroatoms. The summed E-state index contributed by atoms with van der Waals surface area (Å²) in [6, 6.07) is 6.12. The molecule has 0 saturated carbocycles. The lowest BCUT2D eigenvalue weighted by Gasteiger charge is -2.24. The minimum Gasteiger partial charge on any atom is -0.493 e. The van der Waals surface area contributed by atoms with Crippen molar-refractivity contribution in [3.63, 3.8) is 0 Å². The van der Waals surface area contributed by atoms with Gasteiger partial charge in [-0.1, -0.05) is 12.1 Å². The molecule has 0 bridgehead atoms. The summed E-state index contributed by atoms with van der Waals surface area (Å²) in [5, 5.41) is 6.33. The molecule has 1 unspecified atom stereocenters. The summed E-state index contributed by atoms with van der Waals surface area (Å²) >= 11 is 0. The van der Waals surface area contributed by atoms with E-state index in [9.17, 15) is 8.42 Å². The van der Waals surface area contributed by atoms with Gasteiger partial charge >= 0.3 is 0 Å². The van der Waals surface area contributed by atoms with Crippen LogP contribution < -0.4 is 15.4 Å². The van der Waals surface area contributed by atoms with Gasteiger partial charge in [-0.2, -0.15) is 0 Å². The predicted molar refractivity (Wildman–Crippen MR) is 128 cm³/mol. The fourth-order valence-electron chi connectivity index (χ4n) is 2.69. The highest BCUT2D eigenvalue weighted by molar-refractivity contribution is 14.0. The molecule has 1 aliphatic heterocycles. The summed E-state index contributed by atoms with van der Waals surface area (Å²) < 4.78 is 34.3. The van der Waals surface area contributed by atoms with Gasteiger partial charge in [0.05, 0.1) is 18.0 Å². The Kier molecular flexibility index (Phi) is 10.2. The van der Waals surface area contributed by atoms with Gasteiger partial charge in [0, 0.05) is 44.5 Å². The van der Waals surface area contributed by atoms with Gasteiger partial charge in [0.25, 0.3) is 0 Å². The number of halogens is 1. The van der Waals surface area contributed by atoms with Crippen LogP contribution in [0.5, 0.6) is 5.75 Å². The Bertz CT molecular complexity index is 791. The topological polar surface area (TPSA) is 89.0 Å². The SMILES string of the molecule is CN=C(NCc1ccc(C)cc1OCC1CCOC1)NCC(C)(C)S(C)(=O)=O.I. The smallest absolute Gasteiger partial charge is 0.191 e. The van der Waals surface area contributed by atoms with E-state index in [1.165, 1.54) is 6.26 Å². The molecule has 0 aliphatic carbocycles. The number of ether oxygens (including phenoxy) is 2. The Morgan fingerprint density at radius 2 is 2.07 bits per heavy atom. The number of guanidine groups is 1. The molecule has 29 heavy (non-hydrogen) atoms. The predicted octanol–water partition coefficient (Wildman–Crippen LogP) is 2.52. The van der Waals surface area contributed by atoms with Crippen molar-refractivity contribution < 1.29 is 17.9 Å². The molecule has 2 rings (SSSR count). The second-order valence-corrected chi connectivity index (χ2v) is 10.6. The third kappa shape index (κ3) is 7.93. The van der Waals surface area contributed by atoms with E-state index >= 15 is 0 Å². The highest BCUT2D eigenvalue weighted by atomic mass is 127. The second-order valence-electron chi connectivity index (χ2n) is 7.96. The number of sulfone groups is 1. The van der Waals surface area contributed by atoms with Gasteiger partial charge in [-0.15, -0.1) is 24.0 Å². The van der Waals surface area contributed by atoms with Crippen molar-refractivity contribution >= 4 is 39.8 Å². The first kappa shape index (κ1) is 26.0. The van der Waals surface area contributed by atoms with E-state index in [0.29, 0.717) is 25.0 Å². The molecule has 1 aromatic rings. The van der Waals surface area contributed by atoms with Crippen molar-refractivity contribution in [1.29, 1.82) is 0 Å². The zero-order chi connectivity index (χ0) is 20.8. The van der Waals surface area contributed by atoms with Crippen LogP contribution in [0.15, 0.2) is 23.2 Å². The first-order chi connectivity index (χ1) is 13.1. The molecule has 0 amide bonds. The van der Waals surface area contributed by atoms with Gasteiger partial charge in [-0.05, 0) is 38.8 Å². The molecule has 2 N–H and O–H groups in total. The van der Waals surface area contributed by atoms with E-state index in [1.54, 1.807) is 20.9 Å². The van der Waals surface area contributed by atoms with E-state index in [1.807, 2.05) is 25.1 Å². The summed E-state index contributed by atoms with van der Waals surface area (Å²) in [6.07, 6.45) is 2.28. The average molecular weight is 539 g/mol. The first-order valence-electron chi connectivity index (χ1n) is 9.56. The normalized spacial score (nSPS) is 17.6. The first-order valence-corrected chi connectivity index (χ1v) is 11.5. The Balaban J connectivity index is 0.00000420. The maximum absolute atomic E-state index is 11.9. The molecular weight excluding hydrogens is 505 g/mol. The van der Waals surface area contributed by atoms with Crippen molar-refractivity contribution in [3.05, 3.63) is 29.3 Å². The fraction of sp³-hybridized carbons (Fsp3) is 0.650. The van der Waals surface area contributed by atoms with Gasteiger partial charge < -0.3 is 20.1 Å². The van der Waals surface area contributed by atoms with E-state index in [2.05, 4.69) is 15.6 Å². The van der Waals surface area contributed by atoms with Crippen molar-refractivity contribution in [2.24, 2.45) is 10.9 Å². The number of hydrogen-bond donors (Lipinski definition) is 2. The highest BCUT2D eigenvalue weighted by Gasteiger charge is 2.30. The van der Waals surface area contributed by atoms with Gasteiger partial charge in [-0.3, -0.25) is 4.99 Å². The van der Waals surface area contributed by atoms with E-state index in [0.717, 1.165) is 36.5 Å². The lowest BCUT2D eigenvalue weighted by molar-refractivity contribution is 0.166. The molecule has 1 fully saturated rings. The van der Waals surface area contributed by atoms with E-state index in [-0.39, 0.29) is 30.5 Å². The molecule has 1 atom stereocenters. The minimum atomic E-state index is -3.18. The summed E-state index contributed by atoms with van der Waals surface area (Å²) in [7, 11) is -1.51. The van der Waals surface area contributed by atoms with Crippen LogP contribution in [0.25, 0.3) is 0 Å². The van der Waals surface area contributed by atoms with E-state index < -0.39 is 14.6 Å². The molecular formula is C20H34IN3O4S. The third-order valence-corrected chi connectivity index (χ3v) is 7.23. The number of nitrogens with zero attached hydrogens (tertiary/aromatic N) is 1. The maximum atomic E-state index is 11.9. The molecule has 1 saturated heterocycles. The third-order valence-electron chi connectivity index (χ3n) is 5.08. The summed E-state index contributed by atoms with van der Waals surface area (Å²) in [5.41, 5.74) is 2.16. The van der Waals surface area contributed by atoms with Crippen molar-refractivity contribution in [2.75, 3.05) is 39.7 Å². The summed E-state index contributed by atoms with van der Waals surface area (Å²) in [4.78, 5) is 4.19. The molecule has 166 valence electrons. The minimum absolute atomic E-state index is 0. The van der Waals surface area contributed by atoms with Gasteiger partial charge in [0.2, 0.25) is 0 Å². The zero-order valence-electron chi connectivity index (χ0n) is 17.9. The maximum Gasteiger partial charge on any atom is 0.191 e. The molecule has 1 aromatic carbocycles. The lowest BCUT2D eigenvalue weighted by atomic mass is 10.1. The van der Waals surface area contributed by atoms with Crippen LogP contribution in [0, 0.1) is 12.8 Å². The monoisotopic (exact) mass is 539 g/mol. The van der Waals surface area contributed by atoms with Crippen LogP contribution in [-0.4, -0.2) is 58.8 Å². The molecule has 0 radical (unpaired) electrons. The Morgan fingerprint density at radius 3 is 2.66 bits per heavy atom. The number of nitrogens with one attached hydrogen (secondary N) is 2. The zero-order valence-corrected chi connectivity index (χ0v) is 21.1. The molecule has 0 spiro atoms. The number of rotatable bonds is 8. The van der Waals surface area contributed by atoms with Crippen LogP contribution in [-0.2, 0) is 21.1 Å². The average Bonchev–Trinajstić information content (AvgIpc) is 3.14. The lowest BCUT2D eigenvalue weighted by Crippen LogP contribution is -2.47.